The van der Waals surface area contributed by atoms with E-state index in [1.165, 1.54) is 19.3 Å². The highest BCUT2D eigenvalue weighted by molar-refractivity contribution is 5.29. The Morgan fingerprint density at radius 3 is 2.53 bits per heavy atom. The zero-order valence-corrected chi connectivity index (χ0v) is 9.57. The van der Waals surface area contributed by atoms with Gasteiger partial charge in [0.25, 0.3) is 0 Å². The molecule has 0 aliphatic heterocycles. The molecule has 2 nitrogen and oxygen atoms in total. The molecule has 1 atom stereocenters. The molecule has 1 aromatic carbocycles. The first-order chi connectivity index (χ1) is 7.22. The quantitative estimate of drug-likeness (QED) is 0.774. The third-order valence-electron chi connectivity index (χ3n) is 2.42. The molecule has 0 saturated heterocycles. The lowest BCUT2D eigenvalue weighted by atomic mass is 10.1. The Kier molecular flexibility index (Phi) is 5.02. The number of hydrogen-bond donors (Lipinski definition) is 1. The van der Waals surface area contributed by atoms with E-state index in [0.717, 1.165) is 12.4 Å². The molecule has 1 N–H and O–H groups in total. The summed E-state index contributed by atoms with van der Waals surface area (Å²) in [6, 6.07) is 6.88. The molecule has 0 fully saturated rings. The minimum absolute atomic E-state index is 0.279. The summed E-state index contributed by atoms with van der Waals surface area (Å²) in [5, 5.41) is 9.09. The zero-order chi connectivity index (χ0) is 11.1. The lowest BCUT2D eigenvalue weighted by Gasteiger charge is -2.12. The molecule has 0 spiro atoms. The van der Waals surface area contributed by atoms with Crippen molar-refractivity contribution >= 4 is 0 Å². The van der Waals surface area contributed by atoms with E-state index in [9.17, 15) is 0 Å². The molecule has 2 heteroatoms. The summed E-state index contributed by atoms with van der Waals surface area (Å²) < 4.78 is 5.61. The van der Waals surface area contributed by atoms with Crippen LogP contribution in [-0.2, 0) is 0 Å². The molecule has 1 rings (SSSR count). The van der Waals surface area contributed by atoms with Gasteiger partial charge in [-0.2, -0.15) is 0 Å². The van der Waals surface area contributed by atoms with Gasteiger partial charge < -0.3 is 9.84 Å². The van der Waals surface area contributed by atoms with Gasteiger partial charge >= 0.3 is 0 Å². The van der Waals surface area contributed by atoms with E-state index in [1.54, 1.807) is 24.3 Å². The lowest BCUT2D eigenvalue weighted by molar-refractivity contribution is 0.249. The summed E-state index contributed by atoms with van der Waals surface area (Å²) in [6.45, 7) is 5.16. The van der Waals surface area contributed by atoms with Crippen LogP contribution in [0.1, 0.15) is 33.1 Å². The van der Waals surface area contributed by atoms with Gasteiger partial charge in [-0.15, -0.1) is 0 Å². The van der Waals surface area contributed by atoms with E-state index >= 15 is 0 Å². The van der Waals surface area contributed by atoms with Gasteiger partial charge in [-0.05, 0) is 36.6 Å². The molecule has 0 amide bonds. The number of benzene rings is 1. The van der Waals surface area contributed by atoms with Crippen molar-refractivity contribution in [3.63, 3.8) is 0 Å². The number of unbranched alkanes of at least 4 members (excludes halogenated alkanes) is 1. The molecule has 1 aromatic rings. The highest BCUT2D eigenvalue weighted by atomic mass is 16.5. The maximum atomic E-state index is 9.09. The molecule has 1 unspecified atom stereocenters. The van der Waals surface area contributed by atoms with E-state index in [2.05, 4.69) is 13.8 Å². The minimum Gasteiger partial charge on any atom is -0.508 e. The number of rotatable bonds is 6. The minimum atomic E-state index is 0.279. The van der Waals surface area contributed by atoms with Gasteiger partial charge in [-0.25, -0.2) is 0 Å². The van der Waals surface area contributed by atoms with Crippen LogP contribution in [0.25, 0.3) is 0 Å². The fourth-order valence-corrected chi connectivity index (χ4v) is 1.42. The summed E-state index contributed by atoms with van der Waals surface area (Å²) in [7, 11) is 0. The molecular weight excluding hydrogens is 188 g/mol. The number of phenols is 1. The fraction of sp³-hybridized carbons (Fsp3) is 0.538. The van der Waals surface area contributed by atoms with Crippen LogP contribution in [0.4, 0.5) is 0 Å². The maximum absolute atomic E-state index is 9.09. The van der Waals surface area contributed by atoms with Crippen molar-refractivity contribution < 1.29 is 9.84 Å². The highest BCUT2D eigenvalue weighted by Gasteiger charge is 2.02. The van der Waals surface area contributed by atoms with Crippen molar-refractivity contribution in [1.29, 1.82) is 0 Å². The number of ether oxygens (including phenoxy) is 1. The van der Waals surface area contributed by atoms with Crippen molar-refractivity contribution in [2.75, 3.05) is 6.61 Å². The second-order valence-electron chi connectivity index (χ2n) is 4.05. The monoisotopic (exact) mass is 208 g/mol. The van der Waals surface area contributed by atoms with Crippen molar-refractivity contribution in [3.05, 3.63) is 24.3 Å². The molecule has 0 saturated carbocycles. The standard InChI is InChI=1S/C13H20O2/c1-3-4-5-11(2)10-15-13-8-6-12(14)7-9-13/h6-9,11,14H,3-5,10H2,1-2H3. The van der Waals surface area contributed by atoms with Crippen LogP contribution >= 0.6 is 0 Å². The van der Waals surface area contributed by atoms with E-state index in [-0.39, 0.29) is 5.75 Å². The average molecular weight is 208 g/mol. The smallest absolute Gasteiger partial charge is 0.119 e. The largest absolute Gasteiger partial charge is 0.508 e. The lowest BCUT2D eigenvalue weighted by Crippen LogP contribution is -2.08. The summed E-state index contributed by atoms with van der Waals surface area (Å²) in [5.74, 6) is 1.70. The summed E-state index contributed by atoms with van der Waals surface area (Å²) in [4.78, 5) is 0. The zero-order valence-electron chi connectivity index (χ0n) is 9.57. The number of hydrogen-bond acceptors (Lipinski definition) is 2. The van der Waals surface area contributed by atoms with E-state index in [4.69, 9.17) is 9.84 Å². The van der Waals surface area contributed by atoms with Gasteiger partial charge in [0.2, 0.25) is 0 Å². The van der Waals surface area contributed by atoms with Gasteiger partial charge in [0.1, 0.15) is 11.5 Å². The number of aromatic hydroxyl groups is 1. The Labute approximate surface area is 91.9 Å². The van der Waals surface area contributed by atoms with Crippen molar-refractivity contribution in [1.82, 2.24) is 0 Å². The summed E-state index contributed by atoms with van der Waals surface area (Å²) in [5.41, 5.74) is 0. The molecule has 0 aliphatic rings. The molecule has 0 heterocycles. The SMILES string of the molecule is CCCCC(C)COc1ccc(O)cc1. The first-order valence-corrected chi connectivity index (χ1v) is 5.64. The van der Waals surface area contributed by atoms with Gasteiger partial charge in [-0.1, -0.05) is 26.7 Å². The van der Waals surface area contributed by atoms with Gasteiger partial charge in [0, 0.05) is 0 Å². The Morgan fingerprint density at radius 2 is 1.93 bits per heavy atom. The number of phenolic OH excluding ortho intramolecular Hbond substituents is 1. The van der Waals surface area contributed by atoms with Crippen LogP contribution in [0.5, 0.6) is 11.5 Å². The van der Waals surface area contributed by atoms with Gasteiger partial charge in [0.15, 0.2) is 0 Å². The predicted octanol–water partition coefficient (Wildman–Crippen LogP) is 3.60. The third kappa shape index (κ3) is 4.73. The molecule has 84 valence electrons. The van der Waals surface area contributed by atoms with Crippen LogP contribution in [0.3, 0.4) is 0 Å². The van der Waals surface area contributed by atoms with Crippen LogP contribution in [0.15, 0.2) is 24.3 Å². The summed E-state index contributed by atoms with van der Waals surface area (Å²) >= 11 is 0. The maximum Gasteiger partial charge on any atom is 0.119 e. The topological polar surface area (TPSA) is 29.5 Å². The van der Waals surface area contributed by atoms with Crippen LogP contribution in [-0.4, -0.2) is 11.7 Å². The molecule has 0 aliphatic carbocycles. The van der Waals surface area contributed by atoms with Crippen LogP contribution in [0.2, 0.25) is 0 Å². The van der Waals surface area contributed by atoms with E-state index < -0.39 is 0 Å². The predicted molar refractivity (Wildman–Crippen MR) is 62.3 cm³/mol. The van der Waals surface area contributed by atoms with Crippen LogP contribution < -0.4 is 4.74 Å². The van der Waals surface area contributed by atoms with Gasteiger partial charge in [-0.3, -0.25) is 0 Å². The first kappa shape index (κ1) is 11.9. The second kappa shape index (κ2) is 6.33. The normalized spacial score (nSPS) is 12.4. The van der Waals surface area contributed by atoms with Gasteiger partial charge in [0.05, 0.1) is 6.61 Å². The molecule has 0 bridgehead atoms. The van der Waals surface area contributed by atoms with Crippen LogP contribution in [0, 0.1) is 5.92 Å². The third-order valence-corrected chi connectivity index (χ3v) is 2.42. The molecule has 0 radical (unpaired) electrons. The van der Waals surface area contributed by atoms with Crippen molar-refractivity contribution in [3.8, 4) is 11.5 Å². The second-order valence-corrected chi connectivity index (χ2v) is 4.05. The first-order valence-electron chi connectivity index (χ1n) is 5.64. The Morgan fingerprint density at radius 1 is 1.27 bits per heavy atom. The van der Waals surface area contributed by atoms with Crippen molar-refractivity contribution in [2.24, 2.45) is 5.92 Å². The fourth-order valence-electron chi connectivity index (χ4n) is 1.42. The van der Waals surface area contributed by atoms with E-state index in [1.807, 2.05) is 0 Å². The highest BCUT2D eigenvalue weighted by Crippen LogP contribution is 2.17. The molecule has 15 heavy (non-hydrogen) atoms. The molecule has 0 aromatic heterocycles. The average Bonchev–Trinajstić information content (AvgIpc) is 2.25. The van der Waals surface area contributed by atoms with E-state index in [0.29, 0.717) is 5.92 Å². The Bertz CT molecular complexity index is 266. The Hall–Kier alpha value is -1.18. The molecular formula is C13H20O2. The Balaban J connectivity index is 2.27. The summed E-state index contributed by atoms with van der Waals surface area (Å²) in [6.07, 6.45) is 3.72. The van der Waals surface area contributed by atoms with Crippen molar-refractivity contribution in [2.45, 2.75) is 33.1 Å².